The first-order chi connectivity index (χ1) is 5.25. The minimum absolute atomic E-state index is 0.174. The topological polar surface area (TPSA) is 54.8 Å². The van der Waals surface area contributed by atoms with Crippen molar-refractivity contribution in [3.63, 3.8) is 0 Å². The molecule has 11 heavy (non-hydrogen) atoms. The second-order valence-corrected chi connectivity index (χ2v) is 2.42. The van der Waals surface area contributed by atoms with Crippen LogP contribution in [-0.4, -0.2) is 21.8 Å². The largest absolute Gasteiger partial charge is 0.319 e. The molecule has 0 bridgehead atoms. The van der Waals surface area contributed by atoms with Crippen molar-refractivity contribution >= 4 is 0 Å². The van der Waals surface area contributed by atoms with Crippen LogP contribution in [0.25, 0.3) is 0 Å². The lowest BCUT2D eigenvalue weighted by molar-refractivity contribution is 0.473. The fourth-order valence-corrected chi connectivity index (χ4v) is 0.965. The third kappa shape index (κ3) is 1.75. The summed E-state index contributed by atoms with van der Waals surface area (Å²) in [7, 11) is 3.75. The molecule has 0 aromatic carbocycles. The number of nitrogens with one attached hydrogen (secondary N) is 2. The van der Waals surface area contributed by atoms with Crippen molar-refractivity contribution in [1.82, 2.24) is 25.6 Å². The summed E-state index contributed by atoms with van der Waals surface area (Å²) in [4.78, 5) is 0. The van der Waals surface area contributed by atoms with Gasteiger partial charge in [-0.2, -0.15) is 0 Å². The standard InChI is InChI=1S/C6H13N5/c1-5(9-7-2)6-10-8-4-11(6)3/h4-5,7,9H,1-3H3. The van der Waals surface area contributed by atoms with Crippen LogP contribution in [0.2, 0.25) is 0 Å². The maximum atomic E-state index is 3.94. The Morgan fingerprint density at radius 3 is 2.82 bits per heavy atom. The minimum Gasteiger partial charge on any atom is -0.319 e. The number of aryl methyl sites for hydroxylation is 1. The highest BCUT2D eigenvalue weighted by atomic mass is 15.4. The van der Waals surface area contributed by atoms with Crippen molar-refractivity contribution in [3.05, 3.63) is 12.2 Å². The molecule has 0 saturated heterocycles. The summed E-state index contributed by atoms with van der Waals surface area (Å²) in [6.45, 7) is 2.01. The fraction of sp³-hybridized carbons (Fsp3) is 0.667. The smallest absolute Gasteiger partial charge is 0.150 e. The van der Waals surface area contributed by atoms with E-state index in [0.29, 0.717) is 0 Å². The van der Waals surface area contributed by atoms with Gasteiger partial charge >= 0.3 is 0 Å². The van der Waals surface area contributed by atoms with E-state index >= 15 is 0 Å². The molecule has 0 aliphatic carbocycles. The van der Waals surface area contributed by atoms with Gasteiger partial charge in [-0.05, 0) is 14.0 Å². The number of aromatic nitrogens is 3. The van der Waals surface area contributed by atoms with Crippen LogP contribution in [-0.2, 0) is 7.05 Å². The molecule has 0 saturated carbocycles. The zero-order valence-corrected chi connectivity index (χ0v) is 7.00. The molecule has 1 unspecified atom stereocenters. The Kier molecular flexibility index (Phi) is 2.56. The van der Waals surface area contributed by atoms with Gasteiger partial charge in [0.1, 0.15) is 6.33 Å². The molecule has 1 atom stereocenters. The summed E-state index contributed by atoms with van der Waals surface area (Å²) >= 11 is 0. The molecular weight excluding hydrogens is 142 g/mol. The molecule has 0 amide bonds. The van der Waals surface area contributed by atoms with E-state index in [1.165, 1.54) is 0 Å². The van der Waals surface area contributed by atoms with E-state index in [2.05, 4.69) is 21.0 Å². The highest BCUT2D eigenvalue weighted by Crippen LogP contribution is 2.04. The summed E-state index contributed by atoms with van der Waals surface area (Å²) < 4.78 is 1.88. The maximum absolute atomic E-state index is 3.94. The van der Waals surface area contributed by atoms with Crippen molar-refractivity contribution in [3.8, 4) is 0 Å². The first-order valence-electron chi connectivity index (χ1n) is 3.52. The molecule has 0 spiro atoms. The summed E-state index contributed by atoms with van der Waals surface area (Å²) in [6, 6.07) is 0.174. The van der Waals surface area contributed by atoms with E-state index in [1.807, 2.05) is 25.6 Å². The summed E-state index contributed by atoms with van der Waals surface area (Å²) in [6.07, 6.45) is 1.68. The van der Waals surface area contributed by atoms with Crippen molar-refractivity contribution in [1.29, 1.82) is 0 Å². The van der Waals surface area contributed by atoms with Crippen molar-refractivity contribution in [2.45, 2.75) is 13.0 Å². The number of hydrogen-bond donors (Lipinski definition) is 2. The van der Waals surface area contributed by atoms with Crippen LogP contribution in [0.15, 0.2) is 6.33 Å². The zero-order chi connectivity index (χ0) is 8.27. The monoisotopic (exact) mass is 155 g/mol. The molecule has 0 radical (unpaired) electrons. The maximum Gasteiger partial charge on any atom is 0.150 e. The van der Waals surface area contributed by atoms with Gasteiger partial charge in [-0.1, -0.05) is 0 Å². The predicted octanol–water partition coefficient (Wildman–Crippen LogP) is -0.400. The zero-order valence-electron chi connectivity index (χ0n) is 7.00. The normalized spacial score (nSPS) is 13.4. The second kappa shape index (κ2) is 3.45. The SMILES string of the molecule is CNNC(C)c1nncn1C. The van der Waals surface area contributed by atoms with Crippen LogP contribution in [0.5, 0.6) is 0 Å². The highest BCUT2D eigenvalue weighted by Gasteiger charge is 2.08. The molecule has 62 valence electrons. The van der Waals surface area contributed by atoms with Gasteiger partial charge < -0.3 is 4.57 Å². The fourth-order valence-electron chi connectivity index (χ4n) is 0.965. The van der Waals surface area contributed by atoms with Gasteiger partial charge in [0.05, 0.1) is 6.04 Å². The average Bonchev–Trinajstić information content (AvgIpc) is 2.36. The molecule has 1 aromatic heterocycles. The Morgan fingerprint density at radius 2 is 2.36 bits per heavy atom. The number of hydrogen-bond acceptors (Lipinski definition) is 4. The molecule has 2 N–H and O–H groups in total. The Bertz CT molecular complexity index is 219. The van der Waals surface area contributed by atoms with E-state index in [-0.39, 0.29) is 6.04 Å². The molecule has 1 aromatic rings. The van der Waals surface area contributed by atoms with Gasteiger partial charge in [-0.25, -0.2) is 5.43 Å². The van der Waals surface area contributed by atoms with Gasteiger partial charge in [0.15, 0.2) is 5.82 Å². The van der Waals surface area contributed by atoms with Gasteiger partial charge in [-0.15, -0.1) is 10.2 Å². The Labute approximate surface area is 65.8 Å². The van der Waals surface area contributed by atoms with Crippen LogP contribution in [0.4, 0.5) is 0 Å². The summed E-state index contributed by atoms with van der Waals surface area (Å²) in [5, 5.41) is 7.71. The Morgan fingerprint density at radius 1 is 1.64 bits per heavy atom. The second-order valence-electron chi connectivity index (χ2n) is 2.42. The van der Waals surface area contributed by atoms with E-state index in [1.54, 1.807) is 6.33 Å². The molecule has 0 fully saturated rings. The summed E-state index contributed by atoms with van der Waals surface area (Å²) in [5.74, 6) is 0.916. The first kappa shape index (κ1) is 8.16. The van der Waals surface area contributed by atoms with Crippen LogP contribution < -0.4 is 10.9 Å². The van der Waals surface area contributed by atoms with Crippen molar-refractivity contribution in [2.24, 2.45) is 7.05 Å². The molecule has 0 aliphatic rings. The number of hydrazine groups is 1. The van der Waals surface area contributed by atoms with E-state index in [9.17, 15) is 0 Å². The lowest BCUT2D eigenvalue weighted by Gasteiger charge is -2.10. The van der Waals surface area contributed by atoms with Crippen LogP contribution >= 0.6 is 0 Å². The van der Waals surface area contributed by atoms with Crippen LogP contribution in [0.1, 0.15) is 18.8 Å². The lowest BCUT2D eigenvalue weighted by Crippen LogP contribution is -2.31. The Balaban J connectivity index is 2.67. The van der Waals surface area contributed by atoms with E-state index in [4.69, 9.17) is 0 Å². The van der Waals surface area contributed by atoms with Crippen LogP contribution in [0.3, 0.4) is 0 Å². The van der Waals surface area contributed by atoms with Crippen molar-refractivity contribution < 1.29 is 0 Å². The first-order valence-corrected chi connectivity index (χ1v) is 3.52. The molecular formula is C6H13N5. The van der Waals surface area contributed by atoms with Gasteiger partial charge in [0.25, 0.3) is 0 Å². The average molecular weight is 155 g/mol. The van der Waals surface area contributed by atoms with E-state index < -0.39 is 0 Å². The quantitative estimate of drug-likeness (QED) is 0.583. The summed E-state index contributed by atoms with van der Waals surface area (Å²) in [5.41, 5.74) is 5.87. The predicted molar refractivity (Wildman–Crippen MR) is 41.6 cm³/mol. The van der Waals surface area contributed by atoms with Crippen LogP contribution in [0, 0.1) is 0 Å². The lowest BCUT2D eigenvalue weighted by atomic mass is 10.3. The molecule has 0 aliphatic heterocycles. The number of nitrogens with zero attached hydrogens (tertiary/aromatic N) is 3. The molecule has 5 nitrogen and oxygen atoms in total. The van der Waals surface area contributed by atoms with Gasteiger partial charge in [0.2, 0.25) is 0 Å². The molecule has 1 rings (SSSR count). The Hall–Kier alpha value is -0.940. The number of rotatable bonds is 3. The third-order valence-corrected chi connectivity index (χ3v) is 1.49. The molecule has 5 heteroatoms. The van der Waals surface area contributed by atoms with E-state index in [0.717, 1.165) is 5.82 Å². The van der Waals surface area contributed by atoms with Crippen molar-refractivity contribution in [2.75, 3.05) is 7.05 Å². The highest BCUT2D eigenvalue weighted by molar-refractivity contribution is 4.90. The van der Waals surface area contributed by atoms with Gasteiger partial charge in [-0.3, -0.25) is 5.43 Å². The molecule has 1 heterocycles. The third-order valence-electron chi connectivity index (χ3n) is 1.49. The van der Waals surface area contributed by atoms with Gasteiger partial charge in [0, 0.05) is 7.05 Å². The minimum atomic E-state index is 0.174.